The van der Waals surface area contributed by atoms with E-state index in [1.165, 1.54) is 0 Å². The van der Waals surface area contributed by atoms with Gasteiger partial charge < -0.3 is 14.6 Å². The number of hydrogen-bond donors (Lipinski definition) is 1. The minimum atomic E-state index is -0.317. The summed E-state index contributed by atoms with van der Waals surface area (Å²) >= 11 is 0. The molecule has 3 aromatic heterocycles. The highest BCUT2D eigenvalue weighted by Gasteiger charge is 2.29. The summed E-state index contributed by atoms with van der Waals surface area (Å²) in [6.07, 6.45) is 5.79. The van der Waals surface area contributed by atoms with E-state index in [0.29, 0.717) is 25.0 Å². The molecule has 26 heavy (non-hydrogen) atoms. The Morgan fingerprint density at radius 3 is 2.77 bits per heavy atom. The summed E-state index contributed by atoms with van der Waals surface area (Å²) in [5, 5.41) is 9.97. The van der Waals surface area contributed by atoms with Crippen LogP contribution < -0.4 is 4.90 Å². The number of pyridine rings is 1. The second-order valence-corrected chi connectivity index (χ2v) is 7.38. The fraction of sp³-hybridized carbons (Fsp3) is 0.474. The van der Waals surface area contributed by atoms with Crippen molar-refractivity contribution in [2.24, 2.45) is 5.92 Å². The summed E-state index contributed by atoms with van der Waals surface area (Å²) in [5.41, 5.74) is 3.88. The van der Waals surface area contributed by atoms with Crippen LogP contribution in [0.5, 0.6) is 0 Å². The maximum atomic E-state index is 9.97. The van der Waals surface area contributed by atoms with E-state index in [0.717, 1.165) is 29.0 Å². The molecular weight excluding hydrogens is 328 g/mol. The molecule has 0 radical (unpaired) electrons. The van der Waals surface area contributed by atoms with Crippen molar-refractivity contribution in [3.63, 3.8) is 0 Å². The topological polar surface area (TPSA) is 80.0 Å². The van der Waals surface area contributed by atoms with Crippen molar-refractivity contribution in [3.8, 4) is 0 Å². The predicted molar refractivity (Wildman–Crippen MR) is 100 cm³/mol. The molecular formula is C19H24N6O. The van der Waals surface area contributed by atoms with Crippen LogP contribution in [0.25, 0.3) is 11.0 Å². The number of imidazole rings is 1. The monoisotopic (exact) mass is 352 g/mol. The lowest BCUT2D eigenvalue weighted by Gasteiger charge is -2.16. The lowest BCUT2D eigenvalue weighted by Crippen LogP contribution is -2.23. The van der Waals surface area contributed by atoms with Crippen molar-refractivity contribution < 1.29 is 5.11 Å². The van der Waals surface area contributed by atoms with Gasteiger partial charge in [0.15, 0.2) is 0 Å². The van der Waals surface area contributed by atoms with E-state index in [-0.39, 0.29) is 12.0 Å². The Balaban J connectivity index is 1.58. The summed E-state index contributed by atoms with van der Waals surface area (Å²) in [6.45, 7) is 7.70. The van der Waals surface area contributed by atoms with Crippen LogP contribution in [0, 0.1) is 5.92 Å². The highest BCUT2D eigenvalue weighted by Crippen LogP contribution is 2.22. The van der Waals surface area contributed by atoms with Crippen LogP contribution in [0.15, 0.2) is 30.9 Å². The number of hydrogen-bond acceptors (Lipinski definition) is 6. The third-order valence-electron chi connectivity index (χ3n) is 4.99. The quantitative estimate of drug-likeness (QED) is 0.775. The molecule has 136 valence electrons. The molecule has 2 unspecified atom stereocenters. The fourth-order valence-electron chi connectivity index (χ4n) is 3.41. The lowest BCUT2D eigenvalue weighted by molar-refractivity contribution is 0.157. The number of anilines is 1. The zero-order valence-corrected chi connectivity index (χ0v) is 15.4. The molecule has 0 saturated carbocycles. The molecule has 1 fully saturated rings. The minimum Gasteiger partial charge on any atom is -0.391 e. The summed E-state index contributed by atoms with van der Waals surface area (Å²) in [5.74, 6) is 0.918. The van der Waals surface area contributed by atoms with Crippen molar-refractivity contribution >= 4 is 17.0 Å². The van der Waals surface area contributed by atoms with Gasteiger partial charge in [-0.3, -0.25) is 4.98 Å². The van der Waals surface area contributed by atoms with Crippen molar-refractivity contribution in [2.45, 2.75) is 39.3 Å². The Hall–Kier alpha value is -2.54. The van der Waals surface area contributed by atoms with E-state index in [9.17, 15) is 5.11 Å². The molecule has 0 aromatic carbocycles. The average Bonchev–Trinajstić information content (AvgIpc) is 3.18. The average molecular weight is 352 g/mol. The molecule has 1 aliphatic heterocycles. The number of aliphatic hydroxyl groups excluding tert-OH is 1. The van der Waals surface area contributed by atoms with E-state index in [1.54, 1.807) is 6.20 Å². The highest BCUT2D eigenvalue weighted by molar-refractivity contribution is 5.74. The van der Waals surface area contributed by atoms with Gasteiger partial charge in [-0.15, -0.1) is 0 Å². The maximum Gasteiger partial charge on any atom is 0.225 e. The van der Waals surface area contributed by atoms with Crippen LogP contribution in [0.2, 0.25) is 0 Å². The zero-order chi connectivity index (χ0) is 18.3. The van der Waals surface area contributed by atoms with Gasteiger partial charge in [0.2, 0.25) is 5.95 Å². The van der Waals surface area contributed by atoms with Crippen molar-refractivity contribution in [2.75, 3.05) is 18.0 Å². The normalized spacial score (nSPS) is 20.4. The number of aliphatic hydroxyl groups is 1. The second-order valence-electron chi connectivity index (χ2n) is 7.38. The molecule has 0 amide bonds. The maximum absolute atomic E-state index is 9.97. The first-order valence-corrected chi connectivity index (χ1v) is 9.07. The molecule has 7 heteroatoms. The zero-order valence-electron chi connectivity index (χ0n) is 15.4. The number of β-amino-alcohol motifs (C(OH)–C–C–N with tert-alkyl or cyclic N) is 1. The van der Waals surface area contributed by atoms with Gasteiger partial charge in [-0.25, -0.2) is 15.0 Å². The van der Waals surface area contributed by atoms with E-state index >= 15 is 0 Å². The number of fused-ring (bicyclic) bond motifs is 1. The van der Waals surface area contributed by atoms with E-state index in [4.69, 9.17) is 0 Å². The highest BCUT2D eigenvalue weighted by atomic mass is 16.3. The van der Waals surface area contributed by atoms with Gasteiger partial charge >= 0.3 is 0 Å². The SMILES string of the molecule is CC1CN(c2nccc(Cc3cc4c(cn3)ncn4C(C)C)n2)CC1O. The molecule has 3 aromatic rings. The summed E-state index contributed by atoms with van der Waals surface area (Å²) in [7, 11) is 0. The molecule has 4 heterocycles. The Labute approximate surface area is 152 Å². The van der Waals surface area contributed by atoms with Gasteiger partial charge in [0.05, 0.1) is 29.8 Å². The molecule has 1 N–H and O–H groups in total. The van der Waals surface area contributed by atoms with Gasteiger partial charge in [0.25, 0.3) is 0 Å². The first-order valence-electron chi connectivity index (χ1n) is 9.07. The fourth-order valence-corrected chi connectivity index (χ4v) is 3.41. The first kappa shape index (κ1) is 16.9. The van der Waals surface area contributed by atoms with Crippen LogP contribution >= 0.6 is 0 Å². The standard InChI is InChI=1S/C19H24N6O/c1-12(2)25-11-22-16-8-21-15(7-17(16)25)6-14-4-5-20-19(23-14)24-9-13(3)18(26)10-24/h4-5,7-8,11-13,18,26H,6,9-10H2,1-3H3. The van der Waals surface area contributed by atoms with E-state index in [1.807, 2.05) is 30.4 Å². The Morgan fingerprint density at radius 2 is 2.04 bits per heavy atom. The van der Waals surface area contributed by atoms with Gasteiger partial charge in [-0.05, 0) is 26.0 Å². The predicted octanol–water partition coefficient (Wildman–Crippen LogP) is 2.21. The van der Waals surface area contributed by atoms with Crippen LogP contribution in [-0.2, 0) is 6.42 Å². The van der Waals surface area contributed by atoms with Crippen LogP contribution in [-0.4, -0.2) is 48.8 Å². The minimum absolute atomic E-state index is 0.239. The molecule has 2 atom stereocenters. The molecule has 1 saturated heterocycles. The molecule has 1 aliphatic rings. The molecule has 0 bridgehead atoms. The van der Waals surface area contributed by atoms with Crippen molar-refractivity contribution in [1.29, 1.82) is 0 Å². The Morgan fingerprint density at radius 1 is 1.19 bits per heavy atom. The second kappa shape index (κ2) is 6.64. The van der Waals surface area contributed by atoms with E-state index < -0.39 is 0 Å². The van der Waals surface area contributed by atoms with Gasteiger partial charge in [-0.2, -0.15) is 0 Å². The van der Waals surface area contributed by atoms with Crippen LogP contribution in [0.4, 0.5) is 5.95 Å². The first-order chi connectivity index (χ1) is 12.5. The molecule has 4 rings (SSSR count). The number of aromatic nitrogens is 5. The van der Waals surface area contributed by atoms with Gasteiger partial charge in [0.1, 0.15) is 5.52 Å². The van der Waals surface area contributed by atoms with Gasteiger partial charge in [0, 0.05) is 43.4 Å². The third-order valence-corrected chi connectivity index (χ3v) is 4.99. The lowest BCUT2D eigenvalue weighted by atomic mass is 10.1. The van der Waals surface area contributed by atoms with Gasteiger partial charge in [-0.1, -0.05) is 6.92 Å². The Kier molecular flexibility index (Phi) is 4.32. The van der Waals surface area contributed by atoms with Crippen molar-refractivity contribution in [1.82, 2.24) is 24.5 Å². The number of nitrogens with zero attached hydrogens (tertiary/aromatic N) is 6. The summed E-state index contributed by atoms with van der Waals surface area (Å²) in [6, 6.07) is 4.36. The molecule has 0 aliphatic carbocycles. The van der Waals surface area contributed by atoms with E-state index in [2.05, 4.69) is 44.4 Å². The third kappa shape index (κ3) is 3.14. The van der Waals surface area contributed by atoms with Crippen LogP contribution in [0.1, 0.15) is 38.2 Å². The largest absolute Gasteiger partial charge is 0.391 e. The Bertz CT molecular complexity index is 911. The number of rotatable bonds is 4. The van der Waals surface area contributed by atoms with Crippen LogP contribution in [0.3, 0.4) is 0 Å². The molecule has 7 nitrogen and oxygen atoms in total. The molecule has 0 spiro atoms. The summed E-state index contributed by atoms with van der Waals surface area (Å²) in [4.78, 5) is 20.1. The summed E-state index contributed by atoms with van der Waals surface area (Å²) < 4.78 is 2.15. The smallest absolute Gasteiger partial charge is 0.225 e. The van der Waals surface area contributed by atoms with Crippen molar-refractivity contribution in [3.05, 3.63) is 42.2 Å².